The number of benzene rings is 1. The van der Waals surface area contributed by atoms with Gasteiger partial charge in [-0.3, -0.25) is 14.4 Å². The Bertz CT molecular complexity index is 627. The molecular weight excluding hydrogens is 368 g/mol. The van der Waals surface area contributed by atoms with Crippen molar-refractivity contribution in [2.45, 2.75) is 58.6 Å². The molecule has 1 aliphatic rings. The highest BCUT2D eigenvalue weighted by molar-refractivity contribution is 5.88. The summed E-state index contributed by atoms with van der Waals surface area (Å²) in [6.07, 6.45) is 4.34. The van der Waals surface area contributed by atoms with Gasteiger partial charge in [0.15, 0.2) is 0 Å². The van der Waals surface area contributed by atoms with E-state index in [4.69, 9.17) is 9.57 Å². The summed E-state index contributed by atoms with van der Waals surface area (Å²) in [5.41, 5.74) is 1.08. The molecule has 1 aromatic rings. The van der Waals surface area contributed by atoms with Crippen LogP contribution in [0.1, 0.15) is 51.5 Å². The monoisotopic (exact) mass is 404 g/mol. The van der Waals surface area contributed by atoms with Crippen LogP contribution in [0.25, 0.3) is 0 Å². The van der Waals surface area contributed by atoms with E-state index in [0.717, 1.165) is 36.3 Å². The standard InChI is InChI=1S/C23H36N2O4/c1-17(2)19-10-12-20(13-11-19)22(26)24-21(23(27)25(3)28-4)14-15-29-16-18-8-6-5-7-9-18/h5-9,17,19-21H,10-16H2,1-4H3,(H,24,26)/t19?,20?,21-/m0/s1. The molecule has 0 aliphatic heterocycles. The number of hydroxylamine groups is 2. The molecule has 0 unspecified atom stereocenters. The predicted octanol–water partition coefficient (Wildman–Crippen LogP) is 3.56. The van der Waals surface area contributed by atoms with Gasteiger partial charge in [-0.15, -0.1) is 0 Å². The van der Waals surface area contributed by atoms with Crippen molar-refractivity contribution < 1.29 is 19.2 Å². The van der Waals surface area contributed by atoms with Crippen molar-refractivity contribution in [3.63, 3.8) is 0 Å². The fourth-order valence-corrected chi connectivity index (χ4v) is 3.87. The molecule has 6 nitrogen and oxygen atoms in total. The number of carbonyl (C=O) groups is 2. The summed E-state index contributed by atoms with van der Waals surface area (Å²) in [6, 6.07) is 9.24. The zero-order valence-corrected chi connectivity index (χ0v) is 18.2. The molecule has 1 fully saturated rings. The second kappa shape index (κ2) is 11.9. The van der Waals surface area contributed by atoms with Crippen LogP contribution < -0.4 is 5.32 Å². The van der Waals surface area contributed by atoms with Gasteiger partial charge in [-0.05, 0) is 43.1 Å². The number of rotatable bonds is 10. The smallest absolute Gasteiger partial charge is 0.268 e. The number of carbonyl (C=O) groups excluding carboxylic acids is 2. The predicted molar refractivity (Wildman–Crippen MR) is 113 cm³/mol. The van der Waals surface area contributed by atoms with Gasteiger partial charge in [0.25, 0.3) is 5.91 Å². The number of hydrogen-bond acceptors (Lipinski definition) is 4. The van der Waals surface area contributed by atoms with E-state index in [9.17, 15) is 9.59 Å². The van der Waals surface area contributed by atoms with Crippen molar-refractivity contribution in [3.05, 3.63) is 35.9 Å². The van der Waals surface area contributed by atoms with Crippen LogP contribution in [0.2, 0.25) is 0 Å². The summed E-state index contributed by atoms with van der Waals surface area (Å²) in [7, 11) is 3.00. The van der Waals surface area contributed by atoms with Crippen LogP contribution in [-0.4, -0.2) is 43.7 Å². The topological polar surface area (TPSA) is 67.9 Å². The van der Waals surface area contributed by atoms with Crippen molar-refractivity contribution in [2.24, 2.45) is 17.8 Å². The summed E-state index contributed by atoms with van der Waals surface area (Å²) in [4.78, 5) is 30.4. The second-order valence-electron chi connectivity index (χ2n) is 8.26. The van der Waals surface area contributed by atoms with Gasteiger partial charge < -0.3 is 10.1 Å². The van der Waals surface area contributed by atoms with E-state index in [1.54, 1.807) is 7.05 Å². The average molecular weight is 405 g/mol. The first-order chi connectivity index (χ1) is 13.9. The highest BCUT2D eigenvalue weighted by Gasteiger charge is 2.31. The molecule has 2 rings (SSSR count). The zero-order valence-electron chi connectivity index (χ0n) is 18.2. The largest absolute Gasteiger partial charge is 0.377 e. The lowest BCUT2D eigenvalue weighted by Gasteiger charge is -2.31. The average Bonchev–Trinajstić information content (AvgIpc) is 2.75. The van der Waals surface area contributed by atoms with Gasteiger partial charge >= 0.3 is 0 Å². The lowest BCUT2D eigenvalue weighted by atomic mass is 9.76. The second-order valence-corrected chi connectivity index (χ2v) is 8.26. The Kier molecular flexibility index (Phi) is 9.61. The van der Waals surface area contributed by atoms with Crippen molar-refractivity contribution in [3.8, 4) is 0 Å². The molecule has 0 heterocycles. The van der Waals surface area contributed by atoms with Crippen LogP contribution in [0.3, 0.4) is 0 Å². The van der Waals surface area contributed by atoms with Crippen molar-refractivity contribution in [1.82, 2.24) is 10.4 Å². The van der Waals surface area contributed by atoms with Crippen LogP contribution in [-0.2, 0) is 25.8 Å². The third kappa shape index (κ3) is 7.44. The molecule has 0 aromatic heterocycles. The van der Waals surface area contributed by atoms with E-state index in [2.05, 4.69) is 19.2 Å². The quantitative estimate of drug-likeness (QED) is 0.478. The number of nitrogens with one attached hydrogen (secondary N) is 1. The van der Waals surface area contributed by atoms with Gasteiger partial charge in [-0.2, -0.15) is 0 Å². The molecule has 2 amide bonds. The van der Waals surface area contributed by atoms with Gasteiger partial charge in [0.05, 0.1) is 13.7 Å². The molecule has 0 spiro atoms. The highest BCUT2D eigenvalue weighted by atomic mass is 16.7. The van der Waals surface area contributed by atoms with Crippen molar-refractivity contribution in [1.29, 1.82) is 0 Å². The van der Waals surface area contributed by atoms with Crippen LogP contribution in [0.15, 0.2) is 30.3 Å². The first-order valence-electron chi connectivity index (χ1n) is 10.7. The lowest BCUT2D eigenvalue weighted by molar-refractivity contribution is -0.172. The molecule has 1 aliphatic carbocycles. The fourth-order valence-electron chi connectivity index (χ4n) is 3.87. The van der Waals surface area contributed by atoms with Gasteiger partial charge in [0.2, 0.25) is 5.91 Å². The molecule has 1 saturated carbocycles. The van der Waals surface area contributed by atoms with Gasteiger partial charge in [0.1, 0.15) is 6.04 Å². The molecule has 6 heteroatoms. The van der Waals surface area contributed by atoms with Crippen molar-refractivity contribution in [2.75, 3.05) is 20.8 Å². The normalized spacial score (nSPS) is 20.3. The number of hydrogen-bond donors (Lipinski definition) is 1. The van der Waals surface area contributed by atoms with E-state index < -0.39 is 6.04 Å². The molecule has 162 valence electrons. The molecule has 0 radical (unpaired) electrons. The fraction of sp³-hybridized carbons (Fsp3) is 0.652. The molecule has 1 N–H and O–H groups in total. The summed E-state index contributed by atoms with van der Waals surface area (Å²) < 4.78 is 5.72. The number of likely N-dealkylation sites (N-methyl/N-ethyl adjacent to an activating group) is 1. The Hall–Kier alpha value is -1.92. The summed E-state index contributed by atoms with van der Waals surface area (Å²) >= 11 is 0. The Morgan fingerprint density at radius 1 is 1.14 bits per heavy atom. The molecule has 0 saturated heterocycles. The van der Waals surface area contributed by atoms with Crippen molar-refractivity contribution >= 4 is 11.8 Å². The Morgan fingerprint density at radius 2 is 1.79 bits per heavy atom. The van der Waals surface area contributed by atoms with Gasteiger partial charge in [0, 0.05) is 26.0 Å². The molecule has 1 aromatic carbocycles. The van der Waals surface area contributed by atoms with Gasteiger partial charge in [-0.1, -0.05) is 44.2 Å². The third-order valence-corrected chi connectivity index (χ3v) is 5.95. The Balaban J connectivity index is 1.86. The molecule has 1 atom stereocenters. The maximum Gasteiger partial charge on any atom is 0.268 e. The van der Waals surface area contributed by atoms with E-state index in [0.29, 0.717) is 31.5 Å². The SMILES string of the molecule is CON(C)C(=O)[C@H](CCOCc1ccccc1)NC(=O)C1CCC(C(C)C)CC1. The molecular formula is C23H36N2O4. The van der Waals surface area contributed by atoms with Gasteiger partial charge in [-0.25, -0.2) is 5.06 Å². The van der Waals surface area contributed by atoms with E-state index in [1.807, 2.05) is 30.3 Å². The highest BCUT2D eigenvalue weighted by Crippen LogP contribution is 2.33. The minimum atomic E-state index is -0.647. The van der Waals surface area contributed by atoms with Crippen LogP contribution in [0.4, 0.5) is 0 Å². The molecule has 29 heavy (non-hydrogen) atoms. The van der Waals surface area contributed by atoms with E-state index in [-0.39, 0.29) is 17.7 Å². The van der Waals surface area contributed by atoms with E-state index in [1.165, 1.54) is 7.11 Å². The maximum atomic E-state index is 12.8. The lowest BCUT2D eigenvalue weighted by Crippen LogP contribution is -2.49. The number of amides is 2. The number of ether oxygens (including phenoxy) is 1. The minimum Gasteiger partial charge on any atom is -0.377 e. The van der Waals surface area contributed by atoms with E-state index >= 15 is 0 Å². The van der Waals surface area contributed by atoms with Crippen LogP contribution >= 0.6 is 0 Å². The summed E-state index contributed by atoms with van der Waals surface area (Å²) in [6.45, 7) is 5.35. The van der Waals surface area contributed by atoms with Crippen LogP contribution in [0.5, 0.6) is 0 Å². The summed E-state index contributed by atoms with van der Waals surface area (Å²) in [5, 5.41) is 4.12. The number of nitrogens with zero attached hydrogens (tertiary/aromatic N) is 1. The Labute approximate surface area is 174 Å². The first kappa shape index (κ1) is 23.4. The first-order valence-corrected chi connectivity index (χ1v) is 10.7. The van der Waals surface area contributed by atoms with Crippen LogP contribution in [0, 0.1) is 17.8 Å². The molecule has 0 bridgehead atoms. The zero-order chi connectivity index (χ0) is 21.2. The Morgan fingerprint density at radius 3 is 2.38 bits per heavy atom. The minimum absolute atomic E-state index is 0.0154. The maximum absolute atomic E-state index is 12.8. The third-order valence-electron chi connectivity index (χ3n) is 5.95. The summed E-state index contributed by atoms with van der Waals surface area (Å²) in [5.74, 6) is 1.05.